The predicted octanol–water partition coefficient (Wildman–Crippen LogP) is -0.222. The molecule has 80 valence electrons. The maximum atomic E-state index is 9.57. The van der Waals surface area contributed by atoms with Gasteiger partial charge in [-0.15, -0.1) is 0 Å². The van der Waals surface area contributed by atoms with Gasteiger partial charge in [-0.25, -0.2) is 0 Å². The van der Waals surface area contributed by atoms with E-state index in [0.29, 0.717) is 0 Å². The molecule has 1 saturated heterocycles. The van der Waals surface area contributed by atoms with Crippen molar-refractivity contribution in [2.45, 2.75) is 37.6 Å². The van der Waals surface area contributed by atoms with E-state index in [0.717, 1.165) is 0 Å². The van der Waals surface area contributed by atoms with Crippen LogP contribution in [-0.2, 0) is 9.47 Å². The fraction of sp³-hybridized carbons (Fsp3) is 1.00. The Morgan fingerprint density at radius 1 is 1.43 bits per heavy atom. The molecule has 0 aromatic heterocycles. The third-order valence-corrected chi connectivity index (χ3v) is 2.23. The zero-order chi connectivity index (χ0) is 10.7. The summed E-state index contributed by atoms with van der Waals surface area (Å²) in [5, 5.41) is 22.3. The van der Waals surface area contributed by atoms with Crippen molar-refractivity contribution in [3.05, 3.63) is 10.4 Å². The van der Waals surface area contributed by atoms with Crippen molar-refractivity contribution in [3.63, 3.8) is 0 Å². The molecule has 7 nitrogen and oxygen atoms in total. The second-order valence-electron chi connectivity index (χ2n) is 3.12. The largest absolute Gasteiger partial charge is 0.390 e. The van der Waals surface area contributed by atoms with Crippen LogP contribution in [0.4, 0.5) is 0 Å². The van der Waals surface area contributed by atoms with Crippen LogP contribution in [0.1, 0.15) is 6.92 Å². The highest BCUT2D eigenvalue weighted by molar-refractivity contribution is 4.91. The molecule has 0 bridgehead atoms. The van der Waals surface area contributed by atoms with Crippen LogP contribution in [0, 0.1) is 0 Å². The van der Waals surface area contributed by atoms with E-state index in [-0.39, 0.29) is 0 Å². The number of hydrogen-bond acceptors (Lipinski definition) is 5. The van der Waals surface area contributed by atoms with Crippen molar-refractivity contribution < 1.29 is 19.7 Å². The Kier molecular flexibility index (Phi) is 3.68. The van der Waals surface area contributed by atoms with Gasteiger partial charge < -0.3 is 19.7 Å². The van der Waals surface area contributed by atoms with Crippen LogP contribution >= 0.6 is 0 Å². The minimum absolute atomic E-state index is 0.555. The summed E-state index contributed by atoms with van der Waals surface area (Å²) in [4.78, 5) is 2.56. The van der Waals surface area contributed by atoms with E-state index in [4.69, 9.17) is 15.0 Å². The quantitative estimate of drug-likeness (QED) is 0.367. The summed E-state index contributed by atoms with van der Waals surface area (Å²) in [6.07, 6.45) is -3.61. The Labute approximate surface area is 80.9 Å². The Hall–Kier alpha value is -0.850. The fourth-order valence-corrected chi connectivity index (χ4v) is 1.39. The summed E-state index contributed by atoms with van der Waals surface area (Å²) in [5.41, 5.74) is 8.26. The average Bonchev–Trinajstić information content (AvgIpc) is 2.19. The molecule has 14 heavy (non-hydrogen) atoms. The third-order valence-electron chi connectivity index (χ3n) is 2.23. The molecule has 7 heteroatoms. The Balaban J connectivity index is 2.82. The first-order chi connectivity index (χ1) is 6.61. The number of nitrogens with zero attached hydrogens (tertiary/aromatic N) is 3. The molecule has 5 atom stereocenters. The number of aliphatic hydroxyl groups excluding tert-OH is 2. The van der Waals surface area contributed by atoms with Gasteiger partial charge in [-0.05, 0) is 12.5 Å². The van der Waals surface area contributed by atoms with Gasteiger partial charge >= 0.3 is 0 Å². The summed E-state index contributed by atoms with van der Waals surface area (Å²) in [5.74, 6) is 0. The second-order valence-corrected chi connectivity index (χ2v) is 3.12. The third kappa shape index (κ3) is 1.97. The molecule has 1 fully saturated rings. The number of azide groups is 1. The molecule has 0 saturated carbocycles. The summed E-state index contributed by atoms with van der Waals surface area (Å²) in [7, 11) is 1.38. The van der Waals surface area contributed by atoms with E-state index in [9.17, 15) is 10.2 Å². The summed E-state index contributed by atoms with van der Waals surface area (Å²) >= 11 is 0. The van der Waals surface area contributed by atoms with E-state index in [1.54, 1.807) is 6.92 Å². The first kappa shape index (κ1) is 11.2. The van der Waals surface area contributed by atoms with Crippen LogP contribution in [0.25, 0.3) is 10.4 Å². The van der Waals surface area contributed by atoms with Crippen molar-refractivity contribution in [1.29, 1.82) is 0 Å². The Morgan fingerprint density at radius 3 is 2.57 bits per heavy atom. The van der Waals surface area contributed by atoms with Crippen LogP contribution in [-0.4, -0.2) is 48.0 Å². The van der Waals surface area contributed by atoms with Crippen LogP contribution in [0.5, 0.6) is 0 Å². The molecule has 0 spiro atoms. The zero-order valence-corrected chi connectivity index (χ0v) is 7.94. The number of ether oxygens (including phenoxy) is 2. The van der Waals surface area contributed by atoms with E-state index in [2.05, 4.69) is 10.0 Å². The lowest BCUT2D eigenvalue weighted by atomic mass is 9.98. The van der Waals surface area contributed by atoms with Crippen molar-refractivity contribution in [2.75, 3.05) is 7.11 Å². The highest BCUT2D eigenvalue weighted by Gasteiger charge is 2.42. The van der Waals surface area contributed by atoms with Gasteiger partial charge in [-0.2, -0.15) is 0 Å². The summed E-state index contributed by atoms with van der Waals surface area (Å²) in [6, 6.07) is -0.920. The molecular weight excluding hydrogens is 190 g/mol. The van der Waals surface area contributed by atoms with Crippen molar-refractivity contribution in [1.82, 2.24) is 0 Å². The fourth-order valence-electron chi connectivity index (χ4n) is 1.39. The molecule has 2 N–H and O–H groups in total. The Bertz CT molecular complexity index is 241. The lowest BCUT2D eigenvalue weighted by Crippen LogP contribution is -2.56. The topological polar surface area (TPSA) is 108 Å². The standard InChI is InChI=1S/C7H13N3O4/c1-3-5(11)6(12)4(9-10-8)7(13-2)14-3/h3-7,11-12H,1-2H3/t3-,4+,5+,6-,7+/m0/s1. The first-order valence-electron chi connectivity index (χ1n) is 4.20. The van der Waals surface area contributed by atoms with Gasteiger partial charge in [0.25, 0.3) is 0 Å². The summed E-state index contributed by atoms with van der Waals surface area (Å²) in [6.45, 7) is 1.60. The van der Waals surface area contributed by atoms with E-state index in [1.165, 1.54) is 7.11 Å². The predicted molar refractivity (Wildman–Crippen MR) is 46.3 cm³/mol. The minimum Gasteiger partial charge on any atom is -0.390 e. The molecule has 0 aromatic carbocycles. The lowest BCUT2D eigenvalue weighted by Gasteiger charge is -2.38. The zero-order valence-electron chi connectivity index (χ0n) is 7.94. The normalized spacial score (nSPS) is 43.0. The van der Waals surface area contributed by atoms with Gasteiger partial charge in [0.1, 0.15) is 12.1 Å². The van der Waals surface area contributed by atoms with Gasteiger partial charge in [-0.3, -0.25) is 0 Å². The van der Waals surface area contributed by atoms with Crippen LogP contribution < -0.4 is 0 Å². The van der Waals surface area contributed by atoms with Gasteiger partial charge in [0.05, 0.1) is 12.2 Å². The number of hydrogen-bond donors (Lipinski definition) is 2. The molecule has 0 unspecified atom stereocenters. The average molecular weight is 203 g/mol. The van der Waals surface area contributed by atoms with Gasteiger partial charge in [0.15, 0.2) is 6.29 Å². The lowest BCUT2D eigenvalue weighted by molar-refractivity contribution is -0.246. The SMILES string of the molecule is CO[C@@H]1O[C@@H](C)[C@@H](O)[C@@H](O)[C@H]1N=[N+]=[N-]. The second kappa shape index (κ2) is 4.59. The van der Waals surface area contributed by atoms with Gasteiger partial charge in [-0.1, -0.05) is 5.11 Å². The molecular formula is C7H13N3O4. The molecule has 1 aliphatic heterocycles. The molecule has 0 radical (unpaired) electrons. The number of aliphatic hydroxyl groups is 2. The molecule has 1 rings (SSSR count). The molecule has 1 heterocycles. The van der Waals surface area contributed by atoms with Crippen LogP contribution in [0.15, 0.2) is 5.11 Å². The highest BCUT2D eigenvalue weighted by atomic mass is 16.7. The van der Waals surface area contributed by atoms with E-state index >= 15 is 0 Å². The van der Waals surface area contributed by atoms with Crippen molar-refractivity contribution >= 4 is 0 Å². The molecule has 0 aromatic rings. The monoisotopic (exact) mass is 203 g/mol. The maximum absolute atomic E-state index is 9.57. The van der Waals surface area contributed by atoms with Gasteiger partial charge in [0, 0.05) is 12.0 Å². The molecule has 0 aliphatic carbocycles. The Morgan fingerprint density at radius 2 is 2.07 bits per heavy atom. The van der Waals surface area contributed by atoms with Gasteiger partial charge in [0.2, 0.25) is 0 Å². The van der Waals surface area contributed by atoms with E-state index < -0.39 is 30.6 Å². The van der Waals surface area contributed by atoms with Crippen molar-refractivity contribution in [3.8, 4) is 0 Å². The first-order valence-corrected chi connectivity index (χ1v) is 4.20. The maximum Gasteiger partial charge on any atom is 0.168 e. The molecule has 0 amide bonds. The summed E-state index contributed by atoms with van der Waals surface area (Å²) < 4.78 is 10.1. The van der Waals surface area contributed by atoms with Crippen LogP contribution in [0.2, 0.25) is 0 Å². The van der Waals surface area contributed by atoms with Crippen LogP contribution in [0.3, 0.4) is 0 Å². The van der Waals surface area contributed by atoms with Crippen molar-refractivity contribution in [2.24, 2.45) is 5.11 Å². The smallest absolute Gasteiger partial charge is 0.168 e. The van der Waals surface area contributed by atoms with E-state index in [1.807, 2.05) is 0 Å². The number of methoxy groups -OCH3 is 1. The number of rotatable bonds is 2. The minimum atomic E-state index is -1.17. The molecule has 1 aliphatic rings. The highest BCUT2D eigenvalue weighted by Crippen LogP contribution is 2.23.